The molecule has 0 spiro atoms. The van der Waals surface area contributed by atoms with Gasteiger partial charge in [0, 0.05) is 11.1 Å². The fourth-order valence-corrected chi connectivity index (χ4v) is 2.20. The number of carbonyl (C=O) groups is 2. The van der Waals surface area contributed by atoms with Crippen molar-refractivity contribution in [3.63, 3.8) is 0 Å². The molecule has 0 aliphatic rings. The lowest BCUT2D eigenvalue weighted by molar-refractivity contribution is -0.120. The highest BCUT2D eigenvalue weighted by atomic mass is 35.5. The Bertz CT molecular complexity index is 792. The number of ether oxygens (including phenoxy) is 1. The first-order valence-corrected chi connectivity index (χ1v) is 7.95. The number of nitrogens with one attached hydrogen (secondary N) is 2. The van der Waals surface area contributed by atoms with Crippen LogP contribution in [0.25, 0.3) is 0 Å². The third-order valence-electron chi connectivity index (χ3n) is 3.14. The number of benzene rings is 2. The lowest BCUT2D eigenvalue weighted by Gasteiger charge is -2.05. The molecule has 0 radical (unpaired) electrons. The van der Waals surface area contributed by atoms with E-state index in [1.165, 1.54) is 13.3 Å². The number of rotatable bonds is 6. The van der Waals surface area contributed by atoms with Gasteiger partial charge in [-0.1, -0.05) is 35.3 Å². The highest BCUT2D eigenvalue weighted by Gasteiger charge is 2.08. The van der Waals surface area contributed by atoms with Crippen LogP contribution in [0, 0.1) is 0 Å². The van der Waals surface area contributed by atoms with Crippen molar-refractivity contribution in [2.45, 2.75) is 0 Å². The maximum absolute atomic E-state index is 11.9. The predicted octanol–water partition coefficient (Wildman–Crippen LogP) is 2.88. The maximum Gasteiger partial charge on any atom is 0.259 e. The zero-order chi connectivity index (χ0) is 18.2. The van der Waals surface area contributed by atoms with Crippen molar-refractivity contribution in [2.75, 3.05) is 13.7 Å². The van der Waals surface area contributed by atoms with Gasteiger partial charge in [-0.2, -0.15) is 5.10 Å². The molecule has 2 N–H and O–H groups in total. The van der Waals surface area contributed by atoms with Crippen molar-refractivity contribution in [1.82, 2.24) is 10.7 Å². The van der Waals surface area contributed by atoms with Gasteiger partial charge in [0.25, 0.3) is 11.8 Å². The molecule has 2 aromatic rings. The molecule has 2 aromatic carbocycles. The fraction of sp³-hybridized carbons (Fsp3) is 0.118. The molecular formula is C17H15Cl2N3O3. The highest BCUT2D eigenvalue weighted by molar-refractivity contribution is 6.43. The van der Waals surface area contributed by atoms with E-state index in [1.54, 1.807) is 42.5 Å². The Kier molecular flexibility index (Phi) is 6.80. The van der Waals surface area contributed by atoms with Crippen LogP contribution >= 0.6 is 23.2 Å². The van der Waals surface area contributed by atoms with Gasteiger partial charge in [0.05, 0.1) is 29.9 Å². The van der Waals surface area contributed by atoms with E-state index < -0.39 is 5.91 Å². The van der Waals surface area contributed by atoms with Gasteiger partial charge in [-0.15, -0.1) is 0 Å². The summed E-state index contributed by atoms with van der Waals surface area (Å²) < 4.78 is 5.01. The quantitative estimate of drug-likeness (QED) is 0.598. The fourth-order valence-electron chi connectivity index (χ4n) is 1.84. The molecule has 2 rings (SSSR count). The molecule has 0 aliphatic carbocycles. The Morgan fingerprint density at radius 1 is 1.16 bits per heavy atom. The monoisotopic (exact) mass is 379 g/mol. The molecule has 0 heterocycles. The van der Waals surface area contributed by atoms with E-state index >= 15 is 0 Å². The van der Waals surface area contributed by atoms with Crippen molar-refractivity contribution in [2.24, 2.45) is 5.10 Å². The van der Waals surface area contributed by atoms with Crippen molar-refractivity contribution in [3.8, 4) is 5.75 Å². The van der Waals surface area contributed by atoms with Crippen molar-refractivity contribution in [3.05, 3.63) is 63.6 Å². The normalized spacial score (nSPS) is 10.5. The Balaban J connectivity index is 1.82. The highest BCUT2D eigenvalue weighted by Crippen LogP contribution is 2.24. The first-order chi connectivity index (χ1) is 12.0. The Labute approximate surface area is 154 Å². The summed E-state index contributed by atoms with van der Waals surface area (Å²) >= 11 is 11.9. The molecule has 0 fully saturated rings. The number of hydrogen-bond donors (Lipinski definition) is 2. The van der Waals surface area contributed by atoms with Crippen LogP contribution in [0.1, 0.15) is 15.9 Å². The lowest BCUT2D eigenvalue weighted by Crippen LogP contribution is -2.34. The van der Waals surface area contributed by atoms with Crippen LogP contribution in [0.4, 0.5) is 0 Å². The van der Waals surface area contributed by atoms with Crippen molar-refractivity contribution in [1.29, 1.82) is 0 Å². The number of amides is 2. The summed E-state index contributed by atoms with van der Waals surface area (Å²) in [6, 6.07) is 11.6. The van der Waals surface area contributed by atoms with Crippen molar-refractivity contribution < 1.29 is 14.3 Å². The van der Waals surface area contributed by atoms with E-state index in [0.29, 0.717) is 26.9 Å². The third kappa shape index (κ3) is 5.48. The van der Waals surface area contributed by atoms with Crippen LogP contribution in [0.15, 0.2) is 47.6 Å². The van der Waals surface area contributed by atoms with E-state index in [9.17, 15) is 9.59 Å². The summed E-state index contributed by atoms with van der Waals surface area (Å²) in [6.07, 6.45) is 1.37. The van der Waals surface area contributed by atoms with Gasteiger partial charge in [0.2, 0.25) is 0 Å². The van der Waals surface area contributed by atoms with Crippen LogP contribution in [0.5, 0.6) is 5.75 Å². The number of hydrazone groups is 1. The first kappa shape index (κ1) is 18.8. The number of methoxy groups -OCH3 is 1. The minimum absolute atomic E-state index is 0.217. The minimum Gasteiger partial charge on any atom is -0.497 e. The summed E-state index contributed by atoms with van der Waals surface area (Å²) in [5.41, 5.74) is 3.28. The molecule has 2 amide bonds. The Hall–Kier alpha value is -2.57. The van der Waals surface area contributed by atoms with E-state index in [0.717, 1.165) is 0 Å². The topological polar surface area (TPSA) is 79.8 Å². The smallest absolute Gasteiger partial charge is 0.259 e. The summed E-state index contributed by atoms with van der Waals surface area (Å²) in [7, 11) is 1.54. The van der Waals surface area contributed by atoms with Gasteiger partial charge in [0.15, 0.2) is 0 Å². The third-order valence-corrected chi connectivity index (χ3v) is 3.97. The molecule has 0 aliphatic heterocycles. The molecule has 0 saturated carbocycles. The largest absolute Gasteiger partial charge is 0.497 e. The van der Waals surface area contributed by atoms with Gasteiger partial charge >= 0.3 is 0 Å². The zero-order valence-corrected chi connectivity index (χ0v) is 14.8. The number of carbonyl (C=O) groups excluding carboxylic acids is 2. The van der Waals surface area contributed by atoms with Gasteiger partial charge < -0.3 is 10.1 Å². The summed E-state index contributed by atoms with van der Waals surface area (Å²) in [5, 5.41) is 7.01. The number of nitrogens with zero attached hydrogens (tertiary/aromatic N) is 1. The van der Waals surface area contributed by atoms with Gasteiger partial charge in [-0.05, 0) is 30.3 Å². The molecule has 0 atom stereocenters. The van der Waals surface area contributed by atoms with Crippen LogP contribution < -0.4 is 15.5 Å². The molecule has 0 saturated heterocycles. The second kappa shape index (κ2) is 9.05. The molecule has 6 nitrogen and oxygen atoms in total. The number of hydrogen-bond acceptors (Lipinski definition) is 4. The molecule has 0 aromatic heterocycles. The molecule has 8 heteroatoms. The lowest BCUT2D eigenvalue weighted by atomic mass is 10.2. The van der Waals surface area contributed by atoms with E-state index in [4.69, 9.17) is 27.9 Å². The molecule has 0 unspecified atom stereocenters. The van der Waals surface area contributed by atoms with Gasteiger partial charge in [-0.3, -0.25) is 9.59 Å². The van der Waals surface area contributed by atoms with Gasteiger partial charge in [0.1, 0.15) is 5.75 Å². The maximum atomic E-state index is 11.9. The van der Waals surface area contributed by atoms with Crippen molar-refractivity contribution >= 4 is 41.2 Å². The Morgan fingerprint density at radius 2 is 1.88 bits per heavy atom. The number of halogens is 2. The van der Waals surface area contributed by atoms with Gasteiger partial charge in [-0.25, -0.2) is 5.43 Å². The summed E-state index contributed by atoms with van der Waals surface area (Å²) in [6.45, 7) is -0.217. The molecular weight excluding hydrogens is 365 g/mol. The first-order valence-electron chi connectivity index (χ1n) is 7.19. The zero-order valence-electron chi connectivity index (χ0n) is 13.3. The Morgan fingerprint density at radius 3 is 2.56 bits per heavy atom. The second-order valence-corrected chi connectivity index (χ2v) is 5.63. The molecule has 0 bridgehead atoms. The standard InChI is InChI=1S/C17H15Cl2N3O3/c1-25-13-7-5-11(6-8-13)17(24)20-10-15(23)22-21-9-12-3-2-4-14(18)16(12)19/h2-9H,10H2,1H3,(H,20,24)(H,22,23)/b21-9+. The van der Waals surface area contributed by atoms with Crippen LogP contribution in [-0.4, -0.2) is 31.7 Å². The summed E-state index contributed by atoms with van der Waals surface area (Å²) in [5.74, 6) is -0.209. The average Bonchev–Trinajstić information content (AvgIpc) is 2.63. The van der Waals surface area contributed by atoms with E-state index in [1.807, 2.05) is 0 Å². The minimum atomic E-state index is -0.476. The van der Waals surface area contributed by atoms with E-state index in [-0.39, 0.29) is 12.5 Å². The van der Waals surface area contributed by atoms with Crippen LogP contribution in [0.2, 0.25) is 10.0 Å². The second-order valence-electron chi connectivity index (χ2n) is 4.85. The van der Waals surface area contributed by atoms with Crippen LogP contribution in [0.3, 0.4) is 0 Å². The summed E-state index contributed by atoms with van der Waals surface area (Å²) in [4.78, 5) is 23.6. The molecule has 25 heavy (non-hydrogen) atoms. The predicted molar refractivity (Wildman–Crippen MR) is 97.5 cm³/mol. The van der Waals surface area contributed by atoms with Crippen LogP contribution in [-0.2, 0) is 4.79 Å². The SMILES string of the molecule is COc1ccc(C(=O)NCC(=O)N/N=C/c2cccc(Cl)c2Cl)cc1. The van der Waals surface area contributed by atoms with E-state index in [2.05, 4.69) is 15.8 Å². The molecule has 130 valence electrons. The average molecular weight is 380 g/mol.